The Hall–Kier alpha value is -1.83. The number of nitrogens with two attached hydrogens (primary N) is 1. The maximum atomic E-state index is 12.4. The number of hydroxylamine groups is 1. The van der Waals surface area contributed by atoms with E-state index in [0.29, 0.717) is 11.4 Å². The smallest absolute Gasteiger partial charge is 0.220 e. The molecule has 0 radical (unpaired) electrons. The molecule has 2 atom stereocenters. The quantitative estimate of drug-likeness (QED) is 0.533. The van der Waals surface area contributed by atoms with E-state index in [4.69, 9.17) is 5.73 Å². The molecule has 0 bridgehead atoms. The Morgan fingerprint density at radius 3 is 2.71 bits per heavy atom. The highest BCUT2D eigenvalue weighted by molar-refractivity contribution is 7.20. The minimum Gasteiger partial charge on any atom is -0.369 e. The molecule has 0 aliphatic heterocycles. The maximum Gasteiger partial charge on any atom is 0.220 e. The van der Waals surface area contributed by atoms with Gasteiger partial charge in [0.1, 0.15) is 0 Å². The zero-order valence-corrected chi connectivity index (χ0v) is 12.4. The Morgan fingerprint density at radius 1 is 1.43 bits per heavy atom. The lowest BCUT2D eigenvalue weighted by Crippen LogP contribution is -2.39. The second kappa shape index (κ2) is 6.75. The number of ketones is 1. The molecule has 6 nitrogen and oxygen atoms in total. The Labute approximate surface area is 125 Å². The molecule has 0 saturated carbocycles. The summed E-state index contributed by atoms with van der Waals surface area (Å²) >= 11 is 1.26. The lowest BCUT2D eigenvalue weighted by atomic mass is 9.95. The van der Waals surface area contributed by atoms with Crippen LogP contribution in [0.5, 0.6) is 0 Å². The van der Waals surface area contributed by atoms with Gasteiger partial charge >= 0.3 is 0 Å². The van der Waals surface area contributed by atoms with E-state index in [2.05, 4.69) is 4.98 Å². The van der Waals surface area contributed by atoms with Crippen LogP contribution in [0.15, 0.2) is 24.3 Å². The summed E-state index contributed by atoms with van der Waals surface area (Å²) in [5.74, 6) is -1.28. The van der Waals surface area contributed by atoms with Crippen molar-refractivity contribution in [1.29, 1.82) is 0 Å². The number of fused-ring (bicyclic) bond motifs is 1. The number of carbonyl (C=O) groups is 2. The third-order valence-corrected chi connectivity index (χ3v) is 4.44. The van der Waals surface area contributed by atoms with Gasteiger partial charge in [-0.1, -0.05) is 19.1 Å². The van der Waals surface area contributed by atoms with Crippen LogP contribution in [0.2, 0.25) is 0 Å². The summed E-state index contributed by atoms with van der Waals surface area (Å²) in [7, 11) is 0. The lowest BCUT2D eigenvalue weighted by molar-refractivity contribution is -0.122. The van der Waals surface area contributed by atoms with Crippen molar-refractivity contribution in [2.45, 2.75) is 25.8 Å². The first-order valence-electron chi connectivity index (χ1n) is 6.65. The molecule has 0 spiro atoms. The van der Waals surface area contributed by atoms with Crippen molar-refractivity contribution < 1.29 is 14.8 Å². The molecule has 21 heavy (non-hydrogen) atoms. The molecule has 1 heterocycles. The summed E-state index contributed by atoms with van der Waals surface area (Å²) in [6.45, 7) is 1.81. The van der Waals surface area contributed by atoms with Crippen molar-refractivity contribution in [2.24, 2.45) is 11.7 Å². The molecule has 7 heteroatoms. The number of rotatable bonds is 7. The Kier molecular flexibility index (Phi) is 5.00. The largest absolute Gasteiger partial charge is 0.369 e. The van der Waals surface area contributed by atoms with E-state index >= 15 is 0 Å². The van der Waals surface area contributed by atoms with Crippen LogP contribution in [0.3, 0.4) is 0 Å². The Bertz CT molecular complexity index is 623. The summed E-state index contributed by atoms with van der Waals surface area (Å²) in [5, 5.41) is 9.52. The minimum atomic E-state index is -0.886. The fraction of sp³-hybridized carbons (Fsp3) is 0.357. The first kappa shape index (κ1) is 15.6. The molecule has 0 saturated heterocycles. The van der Waals surface area contributed by atoms with Crippen molar-refractivity contribution in [3.8, 4) is 0 Å². The molecule has 0 aliphatic carbocycles. The molecule has 112 valence electrons. The molecule has 0 aliphatic rings. The summed E-state index contributed by atoms with van der Waals surface area (Å²) in [6, 6.07) is 6.53. The highest BCUT2D eigenvalue weighted by atomic mass is 32.1. The van der Waals surface area contributed by atoms with E-state index in [0.717, 1.165) is 10.2 Å². The second-order valence-corrected chi connectivity index (χ2v) is 5.81. The average Bonchev–Trinajstić information content (AvgIpc) is 2.91. The van der Waals surface area contributed by atoms with Gasteiger partial charge in [-0.3, -0.25) is 9.59 Å². The van der Waals surface area contributed by atoms with Gasteiger partial charge in [-0.2, -0.15) is 5.48 Å². The van der Waals surface area contributed by atoms with E-state index in [1.807, 2.05) is 36.7 Å². The highest BCUT2D eigenvalue weighted by Gasteiger charge is 2.27. The van der Waals surface area contributed by atoms with Gasteiger partial charge < -0.3 is 10.9 Å². The molecule has 1 aromatic heterocycles. The first-order chi connectivity index (χ1) is 10.1. The summed E-state index contributed by atoms with van der Waals surface area (Å²) in [6.07, 6.45) is 0.664. The van der Waals surface area contributed by atoms with Crippen molar-refractivity contribution in [3.63, 3.8) is 0 Å². The third-order valence-electron chi connectivity index (χ3n) is 3.39. The van der Waals surface area contributed by atoms with Crippen LogP contribution in [-0.2, 0) is 4.79 Å². The predicted octanol–water partition coefficient (Wildman–Crippen LogP) is 1.73. The van der Waals surface area contributed by atoms with E-state index < -0.39 is 17.9 Å². The molecular formula is C14H17N3O3S. The summed E-state index contributed by atoms with van der Waals surface area (Å²) in [5.41, 5.74) is 7.99. The topological polar surface area (TPSA) is 105 Å². The number of benzene rings is 1. The van der Waals surface area contributed by atoms with Gasteiger partial charge in [-0.25, -0.2) is 4.98 Å². The fourth-order valence-corrected chi connectivity index (χ4v) is 3.07. The number of Topliss-reactive ketones (excluding diaryl/α,β-unsaturated/α-hetero) is 1. The molecule has 2 rings (SSSR count). The number of para-hydroxylation sites is 1. The zero-order valence-electron chi connectivity index (χ0n) is 11.6. The van der Waals surface area contributed by atoms with E-state index in [1.165, 1.54) is 11.3 Å². The number of primary amides is 1. The number of thiazole rings is 1. The third kappa shape index (κ3) is 3.44. The van der Waals surface area contributed by atoms with Crippen molar-refractivity contribution in [1.82, 2.24) is 10.5 Å². The van der Waals surface area contributed by atoms with Crippen LogP contribution >= 0.6 is 11.3 Å². The number of carbonyl (C=O) groups excluding carboxylic acids is 2. The van der Waals surface area contributed by atoms with Crippen LogP contribution in [0, 0.1) is 5.92 Å². The van der Waals surface area contributed by atoms with Gasteiger partial charge in [-0.05, 0) is 25.0 Å². The number of hydrogen-bond acceptors (Lipinski definition) is 6. The Morgan fingerprint density at radius 2 is 2.14 bits per heavy atom. The van der Waals surface area contributed by atoms with Gasteiger partial charge in [0.2, 0.25) is 11.7 Å². The minimum absolute atomic E-state index is 0.150. The molecule has 1 aromatic carbocycles. The molecule has 0 unspecified atom stereocenters. The molecular weight excluding hydrogens is 290 g/mol. The second-order valence-electron chi connectivity index (χ2n) is 4.78. The van der Waals surface area contributed by atoms with Crippen molar-refractivity contribution in [2.75, 3.05) is 0 Å². The number of amides is 1. The van der Waals surface area contributed by atoms with Crippen LogP contribution in [0.4, 0.5) is 0 Å². The monoisotopic (exact) mass is 307 g/mol. The van der Waals surface area contributed by atoms with E-state index in [9.17, 15) is 14.8 Å². The van der Waals surface area contributed by atoms with E-state index in [-0.39, 0.29) is 12.2 Å². The SMILES string of the molecule is CC[C@@H](C[C@H](NO)C(=O)c1nc2ccccc2s1)C(N)=O. The Balaban J connectivity index is 2.21. The number of nitrogens with one attached hydrogen (secondary N) is 1. The van der Waals surface area contributed by atoms with Crippen LogP contribution in [-0.4, -0.2) is 27.9 Å². The molecule has 4 N–H and O–H groups in total. The predicted molar refractivity (Wildman–Crippen MR) is 80.3 cm³/mol. The normalized spacial score (nSPS) is 14.0. The van der Waals surface area contributed by atoms with Crippen LogP contribution in [0.25, 0.3) is 10.2 Å². The lowest BCUT2D eigenvalue weighted by Gasteiger charge is -2.17. The summed E-state index contributed by atoms with van der Waals surface area (Å²) in [4.78, 5) is 27.9. The fourth-order valence-electron chi connectivity index (χ4n) is 2.11. The number of aromatic nitrogens is 1. The van der Waals surface area contributed by atoms with Gasteiger partial charge in [0, 0.05) is 5.92 Å². The van der Waals surface area contributed by atoms with Crippen molar-refractivity contribution in [3.05, 3.63) is 29.3 Å². The van der Waals surface area contributed by atoms with Crippen molar-refractivity contribution >= 4 is 33.2 Å². The molecule has 0 fully saturated rings. The van der Waals surface area contributed by atoms with Gasteiger partial charge in [0.05, 0.1) is 16.3 Å². The number of hydrogen-bond donors (Lipinski definition) is 3. The molecule has 1 amide bonds. The average molecular weight is 307 g/mol. The van der Waals surface area contributed by atoms with Gasteiger partial charge in [0.25, 0.3) is 0 Å². The number of nitrogens with zero attached hydrogens (tertiary/aromatic N) is 1. The molecule has 2 aromatic rings. The highest BCUT2D eigenvalue weighted by Crippen LogP contribution is 2.24. The zero-order chi connectivity index (χ0) is 15.4. The van der Waals surface area contributed by atoms with E-state index in [1.54, 1.807) is 0 Å². The summed E-state index contributed by atoms with van der Waals surface area (Å²) < 4.78 is 0.902. The van der Waals surface area contributed by atoms with Gasteiger partial charge in [0.15, 0.2) is 5.01 Å². The first-order valence-corrected chi connectivity index (χ1v) is 7.47. The maximum absolute atomic E-state index is 12.4. The van der Waals surface area contributed by atoms with Gasteiger partial charge in [-0.15, -0.1) is 11.3 Å². The van der Waals surface area contributed by atoms with Crippen LogP contribution < -0.4 is 11.2 Å². The standard InChI is InChI=1S/C14H17N3O3S/c1-2-8(13(15)19)7-10(17-20)12(18)14-16-9-5-3-4-6-11(9)21-14/h3-6,8,10,17,20H,2,7H2,1H3,(H2,15,19)/t8-,10-/m0/s1. The van der Waals surface area contributed by atoms with Crippen LogP contribution in [0.1, 0.15) is 29.6 Å².